The first-order valence-electron chi connectivity index (χ1n) is 7.64. The molecular formula is C17H18N4O3S. The monoisotopic (exact) mass is 358 g/mol. The number of anilines is 1. The summed E-state index contributed by atoms with van der Waals surface area (Å²) in [6.45, 7) is 1.52. The zero-order valence-corrected chi connectivity index (χ0v) is 14.7. The van der Waals surface area contributed by atoms with Gasteiger partial charge in [0, 0.05) is 19.7 Å². The minimum Gasteiger partial charge on any atom is -0.341 e. The van der Waals surface area contributed by atoms with Crippen LogP contribution in [0.4, 0.5) is 5.69 Å². The number of carbonyl (C=O) groups excluding carboxylic acids is 1. The van der Waals surface area contributed by atoms with Crippen molar-refractivity contribution >= 4 is 32.7 Å². The lowest BCUT2D eigenvalue weighted by molar-refractivity contribution is -0.114. The molecule has 0 saturated heterocycles. The zero-order chi connectivity index (χ0) is 18.0. The molecule has 0 aliphatic heterocycles. The average molecular weight is 358 g/mol. The number of benzene rings is 2. The summed E-state index contributed by atoms with van der Waals surface area (Å²) >= 11 is 0. The van der Waals surface area contributed by atoms with Crippen molar-refractivity contribution in [2.24, 2.45) is 0 Å². The molecule has 2 N–H and O–H groups in total. The highest BCUT2D eigenvalue weighted by atomic mass is 32.2. The molecule has 1 heterocycles. The minimum atomic E-state index is -3.66. The van der Waals surface area contributed by atoms with Gasteiger partial charge in [-0.1, -0.05) is 12.1 Å². The molecule has 0 spiro atoms. The van der Waals surface area contributed by atoms with Crippen LogP contribution in [0.1, 0.15) is 12.7 Å². The minimum absolute atomic E-state index is 0.129. The number of carbonyl (C=O) groups is 1. The first-order valence-corrected chi connectivity index (χ1v) is 9.08. The molecule has 1 aromatic heterocycles. The Bertz CT molecular complexity index is 977. The van der Waals surface area contributed by atoms with Crippen molar-refractivity contribution in [2.75, 3.05) is 12.4 Å². The molecule has 3 aromatic rings. The molecular weight excluding hydrogens is 340 g/mol. The van der Waals surface area contributed by atoms with E-state index in [1.165, 1.54) is 30.4 Å². The quantitative estimate of drug-likeness (QED) is 0.732. The van der Waals surface area contributed by atoms with E-state index in [0.717, 1.165) is 11.0 Å². The van der Waals surface area contributed by atoms with Crippen LogP contribution >= 0.6 is 0 Å². The van der Waals surface area contributed by atoms with E-state index in [-0.39, 0.29) is 17.3 Å². The van der Waals surface area contributed by atoms with Crippen LogP contribution in [0.5, 0.6) is 0 Å². The van der Waals surface area contributed by atoms with E-state index in [9.17, 15) is 13.2 Å². The number of aromatic amines is 1. The maximum Gasteiger partial charge on any atom is 0.243 e. The van der Waals surface area contributed by atoms with Crippen LogP contribution in [0.15, 0.2) is 53.4 Å². The van der Waals surface area contributed by atoms with Gasteiger partial charge in [0.1, 0.15) is 5.82 Å². The molecule has 0 radical (unpaired) electrons. The summed E-state index contributed by atoms with van der Waals surface area (Å²) in [5.74, 6) is 0.361. The second-order valence-electron chi connectivity index (χ2n) is 5.67. The molecule has 2 aromatic carbocycles. The molecule has 8 heteroatoms. The number of nitrogens with zero attached hydrogens (tertiary/aromatic N) is 2. The van der Waals surface area contributed by atoms with E-state index >= 15 is 0 Å². The van der Waals surface area contributed by atoms with Gasteiger partial charge in [0.05, 0.1) is 22.5 Å². The van der Waals surface area contributed by atoms with Crippen LogP contribution < -0.4 is 5.32 Å². The molecule has 130 valence electrons. The van der Waals surface area contributed by atoms with Crippen molar-refractivity contribution in [3.63, 3.8) is 0 Å². The maximum absolute atomic E-state index is 12.7. The van der Waals surface area contributed by atoms with Crippen molar-refractivity contribution in [2.45, 2.75) is 18.4 Å². The Morgan fingerprint density at radius 3 is 2.48 bits per heavy atom. The highest BCUT2D eigenvalue weighted by Gasteiger charge is 2.22. The van der Waals surface area contributed by atoms with E-state index in [1.807, 2.05) is 24.3 Å². The van der Waals surface area contributed by atoms with E-state index in [2.05, 4.69) is 15.3 Å². The van der Waals surface area contributed by atoms with Gasteiger partial charge in [-0.2, -0.15) is 4.31 Å². The normalized spacial score (nSPS) is 11.8. The fourth-order valence-electron chi connectivity index (χ4n) is 2.47. The Kier molecular flexibility index (Phi) is 4.56. The van der Waals surface area contributed by atoms with Crippen molar-refractivity contribution in [3.8, 4) is 0 Å². The van der Waals surface area contributed by atoms with Crippen molar-refractivity contribution in [1.29, 1.82) is 0 Å². The number of rotatable bonds is 5. The molecule has 3 rings (SSSR count). The average Bonchev–Trinajstić information content (AvgIpc) is 2.97. The Labute approximate surface area is 145 Å². The van der Waals surface area contributed by atoms with Gasteiger partial charge >= 0.3 is 0 Å². The summed E-state index contributed by atoms with van der Waals surface area (Å²) in [5.41, 5.74) is 2.21. The van der Waals surface area contributed by atoms with Gasteiger partial charge in [0.25, 0.3) is 0 Å². The Balaban J connectivity index is 1.79. The van der Waals surface area contributed by atoms with Crippen molar-refractivity contribution in [3.05, 3.63) is 54.4 Å². The van der Waals surface area contributed by atoms with Crippen LogP contribution in [-0.2, 0) is 21.4 Å². The number of sulfonamides is 1. The summed E-state index contributed by atoms with van der Waals surface area (Å²) < 4.78 is 26.6. The van der Waals surface area contributed by atoms with Gasteiger partial charge in [0.2, 0.25) is 15.9 Å². The lowest BCUT2D eigenvalue weighted by Crippen LogP contribution is -2.27. The smallest absolute Gasteiger partial charge is 0.243 e. The molecule has 0 unspecified atom stereocenters. The third kappa shape index (κ3) is 3.70. The Hall–Kier alpha value is -2.71. The zero-order valence-electron chi connectivity index (χ0n) is 13.9. The number of hydrogen-bond acceptors (Lipinski definition) is 4. The van der Waals surface area contributed by atoms with E-state index in [4.69, 9.17) is 0 Å². The van der Waals surface area contributed by atoms with Crippen molar-refractivity contribution in [1.82, 2.24) is 14.3 Å². The third-order valence-corrected chi connectivity index (χ3v) is 5.51. The number of hydrogen-bond donors (Lipinski definition) is 2. The summed E-state index contributed by atoms with van der Waals surface area (Å²) in [5, 5.41) is 2.61. The summed E-state index contributed by atoms with van der Waals surface area (Å²) in [6.07, 6.45) is 0. The van der Waals surface area contributed by atoms with Crippen molar-refractivity contribution < 1.29 is 13.2 Å². The number of para-hydroxylation sites is 2. The SMILES string of the molecule is CC(=O)Nc1ccc(S(=O)(=O)N(C)Cc2nc3ccccc3[nH]2)cc1. The Morgan fingerprint density at radius 1 is 1.16 bits per heavy atom. The molecule has 0 fully saturated rings. The summed E-state index contributed by atoms with van der Waals surface area (Å²) in [6, 6.07) is 13.6. The van der Waals surface area contributed by atoms with Gasteiger partial charge < -0.3 is 10.3 Å². The predicted octanol–water partition coefficient (Wildman–Crippen LogP) is 2.34. The molecule has 0 atom stereocenters. The largest absolute Gasteiger partial charge is 0.341 e. The van der Waals surface area contributed by atoms with E-state index in [1.54, 1.807) is 12.1 Å². The summed E-state index contributed by atoms with van der Waals surface area (Å²) in [4.78, 5) is 18.7. The van der Waals surface area contributed by atoms with E-state index < -0.39 is 10.0 Å². The first kappa shape index (κ1) is 17.1. The molecule has 0 aliphatic carbocycles. The van der Waals surface area contributed by atoms with Crippen LogP contribution in [-0.4, -0.2) is 35.6 Å². The lowest BCUT2D eigenvalue weighted by atomic mass is 10.3. The number of H-pyrrole nitrogens is 1. The molecule has 0 saturated carbocycles. The standard InChI is InChI=1S/C17H18N4O3S/c1-12(22)18-13-7-9-14(10-8-13)25(23,24)21(2)11-17-19-15-5-3-4-6-16(15)20-17/h3-10H,11H2,1-2H3,(H,18,22)(H,19,20). The number of nitrogens with one attached hydrogen (secondary N) is 2. The topological polar surface area (TPSA) is 95.2 Å². The number of aromatic nitrogens is 2. The molecule has 25 heavy (non-hydrogen) atoms. The van der Waals surface area contributed by atoms with Crippen LogP contribution in [0.25, 0.3) is 11.0 Å². The highest BCUT2D eigenvalue weighted by molar-refractivity contribution is 7.89. The van der Waals surface area contributed by atoms with Gasteiger partial charge in [-0.15, -0.1) is 0 Å². The highest BCUT2D eigenvalue weighted by Crippen LogP contribution is 2.19. The van der Waals surface area contributed by atoms with Crippen LogP contribution in [0.3, 0.4) is 0 Å². The number of fused-ring (bicyclic) bond motifs is 1. The van der Waals surface area contributed by atoms with Gasteiger partial charge in [0.15, 0.2) is 0 Å². The third-order valence-electron chi connectivity index (χ3n) is 3.69. The van der Waals surface area contributed by atoms with Crippen LogP contribution in [0.2, 0.25) is 0 Å². The van der Waals surface area contributed by atoms with Gasteiger partial charge in [-0.25, -0.2) is 13.4 Å². The molecule has 7 nitrogen and oxygen atoms in total. The molecule has 1 amide bonds. The number of amides is 1. The second kappa shape index (κ2) is 6.66. The fraction of sp³-hybridized carbons (Fsp3) is 0.176. The van der Waals surface area contributed by atoms with Gasteiger partial charge in [-0.3, -0.25) is 4.79 Å². The first-order chi connectivity index (χ1) is 11.9. The Morgan fingerprint density at radius 2 is 1.84 bits per heavy atom. The fourth-order valence-corrected chi connectivity index (χ4v) is 3.60. The predicted molar refractivity (Wildman–Crippen MR) is 95.5 cm³/mol. The molecule has 0 aliphatic rings. The second-order valence-corrected chi connectivity index (χ2v) is 7.71. The summed E-state index contributed by atoms with van der Waals surface area (Å²) in [7, 11) is -2.16. The van der Waals surface area contributed by atoms with Crippen LogP contribution in [0, 0.1) is 0 Å². The maximum atomic E-state index is 12.7. The van der Waals surface area contributed by atoms with E-state index in [0.29, 0.717) is 11.5 Å². The number of imidazole rings is 1. The lowest BCUT2D eigenvalue weighted by Gasteiger charge is -2.16. The molecule has 0 bridgehead atoms. The van der Waals surface area contributed by atoms with Gasteiger partial charge in [-0.05, 0) is 36.4 Å².